The topological polar surface area (TPSA) is 40.6 Å². The highest BCUT2D eigenvalue weighted by atomic mass is 19.1. The molecule has 24 heavy (non-hydrogen) atoms. The van der Waals surface area contributed by atoms with Gasteiger partial charge in [-0.15, -0.1) is 0 Å². The fraction of sp³-hybridized carbons (Fsp3) is 0.579. The SMILES string of the molecule is CCCCN(CC)C(=O)C1CCCN(C(=O)c2ccc(F)cc2)C1. The Kier molecular flexibility index (Phi) is 6.76. The largest absolute Gasteiger partial charge is 0.343 e. The van der Waals surface area contributed by atoms with E-state index in [1.54, 1.807) is 4.90 Å². The minimum atomic E-state index is -0.354. The summed E-state index contributed by atoms with van der Waals surface area (Å²) in [5, 5.41) is 0. The standard InChI is InChI=1S/C19H27FN2O2/c1-3-5-12-21(4-2)19(24)16-7-6-13-22(14-16)18(23)15-8-10-17(20)11-9-15/h8-11,16H,3-7,12-14H2,1-2H3. The lowest BCUT2D eigenvalue weighted by Crippen LogP contribution is -2.47. The Labute approximate surface area is 143 Å². The van der Waals surface area contributed by atoms with Gasteiger partial charge in [0.15, 0.2) is 0 Å². The van der Waals surface area contributed by atoms with Crippen LogP contribution in [0.3, 0.4) is 0 Å². The quantitative estimate of drug-likeness (QED) is 0.801. The summed E-state index contributed by atoms with van der Waals surface area (Å²) < 4.78 is 13.0. The molecule has 0 bridgehead atoms. The predicted octanol–water partition coefficient (Wildman–Crippen LogP) is 3.33. The van der Waals surface area contributed by atoms with Crippen LogP contribution >= 0.6 is 0 Å². The maximum Gasteiger partial charge on any atom is 0.253 e. The Morgan fingerprint density at radius 2 is 1.96 bits per heavy atom. The number of carbonyl (C=O) groups is 2. The molecule has 0 aliphatic carbocycles. The number of carbonyl (C=O) groups excluding carboxylic acids is 2. The van der Waals surface area contributed by atoms with Crippen LogP contribution in [0.15, 0.2) is 24.3 Å². The van der Waals surface area contributed by atoms with Crippen molar-refractivity contribution in [2.45, 2.75) is 39.5 Å². The minimum Gasteiger partial charge on any atom is -0.343 e. The molecule has 1 aromatic carbocycles. The van der Waals surface area contributed by atoms with Gasteiger partial charge in [-0.25, -0.2) is 4.39 Å². The summed E-state index contributed by atoms with van der Waals surface area (Å²) in [7, 11) is 0. The summed E-state index contributed by atoms with van der Waals surface area (Å²) in [5.41, 5.74) is 0.475. The van der Waals surface area contributed by atoms with Crippen LogP contribution in [0.4, 0.5) is 4.39 Å². The van der Waals surface area contributed by atoms with E-state index in [0.717, 1.165) is 32.2 Å². The summed E-state index contributed by atoms with van der Waals surface area (Å²) in [6.07, 6.45) is 3.72. The number of unbranched alkanes of at least 4 members (excludes halogenated alkanes) is 1. The molecule has 1 saturated heterocycles. The van der Waals surface area contributed by atoms with Gasteiger partial charge in [0.05, 0.1) is 5.92 Å². The molecule has 0 spiro atoms. The summed E-state index contributed by atoms with van der Waals surface area (Å²) in [5.74, 6) is -0.445. The van der Waals surface area contributed by atoms with E-state index in [4.69, 9.17) is 0 Å². The molecule has 1 fully saturated rings. The second-order valence-corrected chi connectivity index (χ2v) is 6.37. The average molecular weight is 334 g/mol. The number of amides is 2. The zero-order valence-electron chi connectivity index (χ0n) is 14.6. The number of hydrogen-bond donors (Lipinski definition) is 0. The van der Waals surface area contributed by atoms with Crippen molar-refractivity contribution < 1.29 is 14.0 Å². The van der Waals surface area contributed by atoms with E-state index < -0.39 is 0 Å². The lowest BCUT2D eigenvalue weighted by atomic mass is 9.95. The van der Waals surface area contributed by atoms with Gasteiger partial charge in [0.25, 0.3) is 5.91 Å². The Hall–Kier alpha value is -1.91. The maximum atomic E-state index is 13.0. The second kappa shape index (κ2) is 8.81. The summed E-state index contributed by atoms with van der Waals surface area (Å²) in [6, 6.07) is 5.60. The van der Waals surface area contributed by atoms with Crippen LogP contribution in [0.5, 0.6) is 0 Å². The average Bonchev–Trinajstić information content (AvgIpc) is 2.62. The Morgan fingerprint density at radius 1 is 1.25 bits per heavy atom. The van der Waals surface area contributed by atoms with Crippen LogP contribution in [0.2, 0.25) is 0 Å². The van der Waals surface area contributed by atoms with Gasteiger partial charge in [0.2, 0.25) is 5.91 Å². The van der Waals surface area contributed by atoms with E-state index in [-0.39, 0.29) is 23.5 Å². The van der Waals surface area contributed by atoms with E-state index in [2.05, 4.69) is 6.92 Å². The van der Waals surface area contributed by atoms with Crippen molar-refractivity contribution in [3.8, 4) is 0 Å². The van der Waals surface area contributed by atoms with Crippen molar-refractivity contribution in [1.29, 1.82) is 0 Å². The fourth-order valence-electron chi connectivity index (χ4n) is 3.17. The highest BCUT2D eigenvalue weighted by Gasteiger charge is 2.31. The molecule has 1 unspecified atom stereocenters. The number of hydrogen-bond acceptors (Lipinski definition) is 2. The van der Waals surface area contributed by atoms with Gasteiger partial charge < -0.3 is 9.80 Å². The molecule has 1 atom stereocenters. The van der Waals surface area contributed by atoms with E-state index in [9.17, 15) is 14.0 Å². The molecule has 1 heterocycles. The molecule has 1 aliphatic rings. The van der Waals surface area contributed by atoms with Gasteiger partial charge in [-0.3, -0.25) is 9.59 Å². The molecule has 0 saturated carbocycles. The minimum absolute atomic E-state index is 0.121. The number of rotatable bonds is 6. The van der Waals surface area contributed by atoms with E-state index >= 15 is 0 Å². The molecular weight excluding hydrogens is 307 g/mol. The molecule has 2 amide bonds. The molecule has 2 rings (SSSR count). The lowest BCUT2D eigenvalue weighted by molar-refractivity contribution is -0.136. The van der Waals surface area contributed by atoms with Crippen LogP contribution in [0.1, 0.15) is 49.9 Å². The lowest BCUT2D eigenvalue weighted by Gasteiger charge is -2.35. The first-order valence-electron chi connectivity index (χ1n) is 8.90. The van der Waals surface area contributed by atoms with Gasteiger partial charge in [-0.05, 0) is 50.5 Å². The monoisotopic (exact) mass is 334 g/mol. The first kappa shape index (κ1) is 18.4. The normalized spacial score (nSPS) is 17.6. The predicted molar refractivity (Wildman–Crippen MR) is 92.2 cm³/mol. The number of benzene rings is 1. The summed E-state index contributed by atoms with van der Waals surface area (Å²) in [4.78, 5) is 28.9. The molecule has 1 aliphatic heterocycles. The van der Waals surface area contributed by atoms with Crippen molar-refractivity contribution >= 4 is 11.8 Å². The number of nitrogens with zero attached hydrogens (tertiary/aromatic N) is 2. The smallest absolute Gasteiger partial charge is 0.253 e. The van der Waals surface area contributed by atoms with Gasteiger partial charge in [0, 0.05) is 31.7 Å². The van der Waals surface area contributed by atoms with Gasteiger partial charge >= 0.3 is 0 Å². The number of piperidine rings is 1. The van der Waals surface area contributed by atoms with E-state index in [0.29, 0.717) is 25.2 Å². The van der Waals surface area contributed by atoms with Crippen molar-refractivity contribution in [3.63, 3.8) is 0 Å². The maximum absolute atomic E-state index is 13.0. The third-order valence-corrected chi connectivity index (χ3v) is 4.62. The summed E-state index contributed by atoms with van der Waals surface area (Å²) in [6.45, 7) is 6.72. The molecule has 0 N–H and O–H groups in total. The molecule has 0 aromatic heterocycles. The van der Waals surface area contributed by atoms with Crippen molar-refractivity contribution in [3.05, 3.63) is 35.6 Å². The third-order valence-electron chi connectivity index (χ3n) is 4.62. The fourth-order valence-corrected chi connectivity index (χ4v) is 3.17. The zero-order valence-corrected chi connectivity index (χ0v) is 14.6. The van der Waals surface area contributed by atoms with Crippen molar-refractivity contribution in [2.24, 2.45) is 5.92 Å². The first-order chi connectivity index (χ1) is 11.6. The first-order valence-corrected chi connectivity index (χ1v) is 8.90. The highest BCUT2D eigenvalue weighted by Crippen LogP contribution is 2.21. The molecule has 0 radical (unpaired) electrons. The number of halogens is 1. The van der Waals surface area contributed by atoms with Crippen LogP contribution in [-0.4, -0.2) is 47.8 Å². The molecule has 4 nitrogen and oxygen atoms in total. The van der Waals surface area contributed by atoms with Crippen LogP contribution in [0, 0.1) is 11.7 Å². The Bertz CT molecular complexity index is 559. The zero-order chi connectivity index (χ0) is 17.5. The van der Waals surface area contributed by atoms with Crippen molar-refractivity contribution in [1.82, 2.24) is 9.80 Å². The Morgan fingerprint density at radius 3 is 2.58 bits per heavy atom. The second-order valence-electron chi connectivity index (χ2n) is 6.37. The van der Waals surface area contributed by atoms with Gasteiger partial charge in [-0.1, -0.05) is 13.3 Å². The van der Waals surface area contributed by atoms with Crippen LogP contribution in [0.25, 0.3) is 0 Å². The van der Waals surface area contributed by atoms with E-state index in [1.165, 1.54) is 24.3 Å². The van der Waals surface area contributed by atoms with Crippen LogP contribution < -0.4 is 0 Å². The van der Waals surface area contributed by atoms with E-state index in [1.807, 2.05) is 11.8 Å². The molecule has 5 heteroatoms. The molecule has 1 aromatic rings. The van der Waals surface area contributed by atoms with Crippen molar-refractivity contribution in [2.75, 3.05) is 26.2 Å². The number of likely N-dealkylation sites (tertiary alicyclic amines) is 1. The van der Waals surface area contributed by atoms with Crippen LogP contribution in [-0.2, 0) is 4.79 Å². The van der Waals surface area contributed by atoms with Gasteiger partial charge in [0.1, 0.15) is 5.82 Å². The van der Waals surface area contributed by atoms with Gasteiger partial charge in [-0.2, -0.15) is 0 Å². The highest BCUT2D eigenvalue weighted by molar-refractivity contribution is 5.94. The molecule has 132 valence electrons. The Balaban J connectivity index is 2.01. The molecular formula is C19H27FN2O2. The summed E-state index contributed by atoms with van der Waals surface area (Å²) >= 11 is 0. The third kappa shape index (κ3) is 4.56.